The molecule has 2 aromatic carbocycles. The lowest BCUT2D eigenvalue weighted by Gasteiger charge is -2.26. The van der Waals surface area contributed by atoms with E-state index in [1.54, 1.807) is 0 Å². The quantitative estimate of drug-likeness (QED) is 0.730. The van der Waals surface area contributed by atoms with Crippen molar-refractivity contribution < 1.29 is 27.5 Å². The maximum atomic E-state index is 13.1. The molecule has 0 aliphatic carbocycles. The molecule has 8 nitrogen and oxygen atoms in total. The van der Waals surface area contributed by atoms with Crippen LogP contribution in [0.4, 0.5) is 0 Å². The molecular weight excluding hydrogens is 408 g/mol. The Morgan fingerprint density at radius 1 is 1.07 bits per heavy atom. The Bertz CT molecular complexity index is 1020. The Labute approximate surface area is 175 Å². The number of amides is 1. The average molecular weight is 432 g/mol. The predicted molar refractivity (Wildman–Crippen MR) is 109 cm³/mol. The molecule has 0 spiro atoms. The third-order valence-corrected chi connectivity index (χ3v) is 6.55. The van der Waals surface area contributed by atoms with Gasteiger partial charge in [0.25, 0.3) is 15.9 Å². The van der Waals surface area contributed by atoms with Crippen molar-refractivity contribution in [3.05, 3.63) is 53.6 Å². The van der Waals surface area contributed by atoms with Crippen LogP contribution in [0.25, 0.3) is 0 Å². The molecule has 4 rings (SSSR count). The maximum Gasteiger partial charge on any atom is 0.262 e. The monoisotopic (exact) mass is 432 g/mol. The highest BCUT2D eigenvalue weighted by Crippen LogP contribution is 2.38. The molecule has 0 bridgehead atoms. The van der Waals surface area contributed by atoms with Gasteiger partial charge in [-0.15, -0.1) is 0 Å². The summed E-state index contributed by atoms with van der Waals surface area (Å²) in [4.78, 5) is 21.5. The van der Waals surface area contributed by atoms with Gasteiger partial charge in [-0.25, -0.2) is 8.42 Å². The number of carbonyl (C=O) groups excluding carboxylic acids is 1. The molecule has 9 heteroatoms. The normalized spacial score (nSPS) is 18.8. The van der Waals surface area contributed by atoms with Crippen LogP contribution in [0.1, 0.15) is 41.2 Å². The van der Waals surface area contributed by atoms with Crippen LogP contribution in [0.3, 0.4) is 0 Å². The Balaban J connectivity index is 1.55. The van der Waals surface area contributed by atoms with Crippen molar-refractivity contribution in [2.75, 3.05) is 26.9 Å². The Morgan fingerprint density at radius 2 is 1.80 bits per heavy atom. The van der Waals surface area contributed by atoms with Gasteiger partial charge in [-0.3, -0.25) is 9.63 Å². The number of hydrogen-bond donors (Lipinski definition) is 1. The van der Waals surface area contributed by atoms with Gasteiger partial charge in [-0.05, 0) is 54.8 Å². The summed E-state index contributed by atoms with van der Waals surface area (Å²) < 4.78 is 35.5. The zero-order valence-electron chi connectivity index (χ0n) is 16.7. The first kappa shape index (κ1) is 20.6. The SMILES string of the molecule is CONS(=O)(=O)c1ccc(C(=O)N2CCC[C@H]2c2ccc3c(c2)OCCCO3)cc1. The van der Waals surface area contributed by atoms with Gasteiger partial charge in [0.15, 0.2) is 11.5 Å². The number of hydrogen-bond acceptors (Lipinski definition) is 6. The van der Waals surface area contributed by atoms with Crippen molar-refractivity contribution in [3.63, 3.8) is 0 Å². The molecule has 2 heterocycles. The number of nitrogens with zero attached hydrogens (tertiary/aromatic N) is 1. The average Bonchev–Trinajstić information content (AvgIpc) is 3.12. The first-order valence-electron chi connectivity index (χ1n) is 9.85. The van der Waals surface area contributed by atoms with E-state index in [1.165, 1.54) is 31.4 Å². The molecule has 160 valence electrons. The molecule has 2 aliphatic rings. The van der Waals surface area contributed by atoms with Crippen molar-refractivity contribution in [2.24, 2.45) is 0 Å². The highest BCUT2D eigenvalue weighted by molar-refractivity contribution is 7.89. The van der Waals surface area contributed by atoms with Gasteiger partial charge in [-0.1, -0.05) is 11.0 Å². The molecule has 1 amide bonds. The van der Waals surface area contributed by atoms with Crippen molar-refractivity contribution in [2.45, 2.75) is 30.2 Å². The van der Waals surface area contributed by atoms with Crippen molar-refractivity contribution in [1.82, 2.24) is 9.79 Å². The van der Waals surface area contributed by atoms with Crippen LogP contribution in [0, 0.1) is 0 Å². The second kappa shape index (κ2) is 8.63. The van der Waals surface area contributed by atoms with Gasteiger partial charge in [0.05, 0.1) is 31.3 Å². The minimum atomic E-state index is -3.76. The van der Waals surface area contributed by atoms with Crippen LogP contribution < -0.4 is 14.4 Å². The van der Waals surface area contributed by atoms with Gasteiger partial charge >= 0.3 is 0 Å². The van der Waals surface area contributed by atoms with Crippen molar-refractivity contribution in [3.8, 4) is 11.5 Å². The Kier molecular flexibility index (Phi) is 5.94. The van der Waals surface area contributed by atoms with Gasteiger partial charge in [-0.2, -0.15) is 0 Å². The second-order valence-corrected chi connectivity index (χ2v) is 8.87. The summed E-state index contributed by atoms with van der Waals surface area (Å²) in [5.41, 5.74) is 1.45. The maximum absolute atomic E-state index is 13.1. The summed E-state index contributed by atoms with van der Waals surface area (Å²) in [5, 5.41) is 0. The summed E-state index contributed by atoms with van der Waals surface area (Å²) in [6.45, 7) is 1.88. The standard InChI is InChI=1S/C21H24N2O6S/c1-27-22-30(25,26)17-8-5-15(6-9-17)21(24)23-11-2-4-18(23)16-7-10-19-20(14-16)29-13-3-12-28-19/h5-10,14,18,22H,2-4,11-13H2,1H3/t18-/m0/s1. The summed E-state index contributed by atoms with van der Waals surface area (Å²) in [6, 6.07) is 11.6. The molecule has 0 unspecified atom stereocenters. The molecule has 0 aromatic heterocycles. The predicted octanol–water partition coefficient (Wildman–Crippen LogP) is 2.66. The van der Waals surface area contributed by atoms with E-state index in [9.17, 15) is 13.2 Å². The topological polar surface area (TPSA) is 94.2 Å². The van der Waals surface area contributed by atoms with Crippen LogP contribution in [-0.2, 0) is 14.9 Å². The number of ether oxygens (including phenoxy) is 2. The van der Waals surface area contributed by atoms with Gasteiger partial charge in [0.2, 0.25) is 0 Å². The molecular formula is C21H24N2O6S. The molecule has 1 fully saturated rings. The summed E-state index contributed by atoms with van der Waals surface area (Å²) in [5.74, 6) is 1.31. The van der Waals surface area contributed by atoms with Crippen LogP contribution in [0.15, 0.2) is 47.4 Å². The highest BCUT2D eigenvalue weighted by atomic mass is 32.2. The molecule has 1 N–H and O–H groups in total. The number of sulfonamides is 1. The number of carbonyl (C=O) groups is 1. The van der Waals surface area contributed by atoms with Crippen LogP contribution in [0.2, 0.25) is 0 Å². The van der Waals surface area contributed by atoms with E-state index in [2.05, 4.69) is 4.84 Å². The van der Waals surface area contributed by atoms with Crippen molar-refractivity contribution >= 4 is 15.9 Å². The van der Waals surface area contributed by atoms with Crippen LogP contribution >= 0.6 is 0 Å². The van der Waals surface area contributed by atoms with E-state index >= 15 is 0 Å². The minimum Gasteiger partial charge on any atom is -0.490 e. The summed E-state index contributed by atoms with van der Waals surface area (Å²) in [6.07, 6.45) is 2.59. The molecule has 0 radical (unpaired) electrons. The number of benzene rings is 2. The third kappa shape index (κ3) is 4.14. The smallest absolute Gasteiger partial charge is 0.262 e. The van der Waals surface area contributed by atoms with E-state index in [0.717, 1.165) is 30.6 Å². The first-order chi connectivity index (χ1) is 14.5. The van der Waals surface area contributed by atoms with Gasteiger partial charge in [0.1, 0.15) is 0 Å². The fourth-order valence-corrected chi connectivity index (χ4v) is 4.65. The number of fused-ring (bicyclic) bond motifs is 1. The first-order valence-corrected chi connectivity index (χ1v) is 11.3. The van der Waals surface area contributed by atoms with Gasteiger partial charge in [0, 0.05) is 18.5 Å². The number of rotatable bonds is 5. The van der Waals surface area contributed by atoms with E-state index in [-0.39, 0.29) is 16.8 Å². The Morgan fingerprint density at radius 3 is 2.53 bits per heavy atom. The zero-order chi connectivity index (χ0) is 21.1. The fourth-order valence-electron chi connectivity index (χ4n) is 3.84. The number of nitrogens with one attached hydrogen (secondary N) is 1. The van der Waals surface area contributed by atoms with E-state index in [1.807, 2.05) is 28.0 Å². The van der Waals surface area contributed by atoms with Gasteiger partial charge < -0.3 is 14.4 Å². The second-order valence-electron chi connectivity index (χ2n) is 7.23. The Hall–Kier alpha value is -2.62. The van der Waals surface area contributed by atoms with E-state index in [0.29, 0.717) is 31.1 Å². The fraction of sp³-hybridized carbons (Fsp3) is 0.381. The van der Waals surface area contributed by atoms with Crippen LogP contribution in [0.5, 0.6) is 11.5 Å². The van der Waals surface area contributed by atoms with E-state index in [4.69, 9.17) is 9.47 Å². The lowest BCUT2D eigenvalue weighted by molar-refractivity contribution is 0.0735. The lowest BCUT2D eigenvalue weighted by Crippen LogP contribution is -2.30. The van der Waals surface area contributed by atoms with Crippen molar-refractivity contribution in [1.29, 1.82) is 0 Å². The lowest BCUT2D eigenvalue weighted by atomic mass is 10.0. The van der Waals surface area contributed by atoms with Crippen LogP contribution in [-0.4, -0.2) is 46.1 Å². The highest BCUT2D eigenvalue weighted by Gasteiger charge is 2.31. The summed E-state index contributed by atoms with van der Waals surface area (Å²) in [7, 11) is -2.54. The van der Waals surface area contributed by atoms with E-state index < -0.39 is 10.0 Å². The molecule has 1 atom stereocenters. The number of likely N-dealkylation sites (tertiary alicyclic amines) is 1. The molecule has 0 saturated carbocycles. The molecule has 1 saturated heterocycles. The zero-order valence-corrected chi connectivity index (χ0v) is 17.5. The minimum absolute atomic E-state index is 0.0294. The summed E-state index contributed by atoms with van der Waals surface area (Å²) >= 11 is 0. The molecule has 30 heavy (non-hydrogen) atoms. The largest absolute Gasteiger partial charge is 0.490 e. The molecule has 2 aliphatic heterocycles. The molecule has 2 aromatic rings. The third-order valence-electron chi connectivity index (χ3n) is 5.27.